The summed E-state index contributed by atoms with van der Waals surface area (Å²) in [6.45, 7) is 3.22. The Morgan fingerprint density at radius 2 is 2.04 bits per heavy atom. The molecule has 0 aliphatic carbocycles. The Kier molecular flexibility index (Phi) is 6.31. The van der Waals surface area contributed by atoms with Crippen LogP contribution in [-0.4, -0.2) is 44.9 Å². The van der Waals surface area contributed by atoms with E-state index in [9.17, 15) is 17.6 Å². The number of benzene rings is 1. The highest BCUT2D eigenvalue weighted by Gasteiger charge is 2.28. The number of sulfonamides is 1. The van der Waals surface area contributed by atoms with E-state index < -0.39 is 15.8 Å². The van der Waals surface area contributed by atoms with Crippen LogP contribution < -0.4 is 10.5 Å². The van der Waals surface area contributed by atoms with E-state index in [2.05, 4.69) is 11.6 Å². The minimum absolute atomic E-state index is 0.00187. The van der Waals surface area contributed by atoms with E-state index in [0.29, 0.717) is 19.0 Å². The third-order valence-electron chi connectivity index (χ3n) is 4.33. The van der Waals surface area contributed by atoms with Gasteiger partial charge in [-0.25, -0.2) is 17.5 Å². The fourth-order valence-electron chi connectivity index (χ4n) is 2.94. The fourth-order valence-corrected chi connectivity index (χ4v) is 3.97. The maximum Gasteiger partial charge on any atom is 0.240 e. The zero-order valence-corrected chi connectivity index (χ0v) is 14.6. The predicted molar refractivity (Wildman–Crippen MR) is 89.2 cm³/mol. The Morgan fingerprint density at radius 1 is 1.38 bits per heavy atom. The molecule has 2 atom stereocenters. The van der Waals surface area contributed by atoms with Crippen LogP contribution in [0.15, 0.2) is 29.2 Å². The van der Waals surface area contributed by atoms with Crippen LogP contribution in [0.25, 0.3) is 0 Å². The van der Waals surface area contributed by atoms with Gasteiger partial charge >= 0.3 is 0 Å². The van der Waals surface area contributed by atoms with Gasteiger partial charge in [0.05, 0.1) is 4.90 Å². The standard InChI is InChI=1S/C16H24FN3O3S/c1-12-7-9-20(14(10-12)11-18)16(21)6-8-19-24(22,23)15-4-2-13(17)3-5-15/h2-5,12,14,19H,6-11,18H2,1H3. The summed E-state index contributed by atoms with van der Waals surface area (Å²) < 4.78 is 39.4. The summed E-state index contributed by atoms with van der Waals surface area (Å²) in [6.07, 6.45) is 1.89. The first-order valence-corrected chi connectivity index (χ1v) is 9.56. The van der Waals surface area contributed by atoms with Crippen LogP contribution in [-0.2, 0) is 14.8 Å². The van der Waals surface area contributed by atoms with Crippen molar-refractivity contribution in [2.45, 2.75) is 37.1 Å². The number of rotatable bonds is 6. The summed E-state index contributed by atoms with van der Waals surface area (Å²) in [5.41, 5.74) is 5.74. The highest BCUT2D eigenvalue weighted by Crippen LogP contribution is 2.22. The van der Waals surface area contributed by atoms with Crippen molar-refractivity contribution in [2.24, 2.45) is 11.7 Å². The van der Waals surface area contributed by atoms with Crippen LogP contribution >= 0.6 is 0 Å². The SMILES string of the molecule is CC1CCN(C(=O)CCNS(=O)(=O)c2ccc(F)cc2)C(CN)C1. The molecule has 0 radical (unpaired) electrons. The highest BCUT2D eigenvalue weighted by atomic mass is 32.2. The Bertz CT molecular complexity index is 664. The maximum absolute atomic E-state index is 12.9. The number of nitrogens with zero attached hydrogens (tertiary/aromatic N) is 1. The smallest absolute Gasteiger partial charge is 0.240 e. The van der Waals surface area contributed by atoms with Crippen LogP contribution in [0.2, 0.25) is 0 Å². The number of piperidine rings is 1. The normalized spacial score (nSPS) is 21.7. The van der Waals surface area contributed by atoms with Crippen LogP contribution in [0.3, 0.4) is 0 Å². The number of hydrogen-bond donors (Lipinski definition) is 2. The molecular formula is C16H24FN3O3S. The molecule has 1 fully saturated rings. The average Bonchev–Trinajstić information content (AvgIpc) is 2.54. The maximum atomic E-state index is 12.9. The van der Waals surface area contributed by atoms with Gasteiger partial charge in [0.1, 0.15) is 5.82 Å². The molecule has 8 heteroatoms. The molecule has 1 aliphatic rings. The van der Waals surface area contributed by atoms with Gasteiger partial charge in [0, 0.05) is 32.1 Å². The lowest BCUT2D eigenvalue weighted by Crippen LogP contribution is -2.49. The molecule has 2 unspecified atom stereocenters. The average molecular weight is 357 g/mol. The third kappa shape index (κ3) is 4.75. The molecule has 0 bridgehead atoms. The largest absolute Gasteiger partial charge is 0.338 e. The van der Waals surface area contributed by atoms with Gasteiger partial charge in [0.25, 0.3) is 0 Å². The molecule has 0 aromatic heterocycles. The molecule has 3 N–H and O–H groups in total. The Morgan fingerprint density at radius 3 is 2.67 bits per heavy atom. The molecule has 24 heavy (non-hydrogen) atoms. The van der Waals surface area contributed by atoms with Gasteiger partial charge in [-0.3, -0.25) is 4.79 Å². The van der Waals surface area contributed by atoms with Crippen LogP contribution in [0.5, 0.6) is 0 Å². The van der Waals surface area contributed by atoms with Gasteiger partial charge in [-0.05, 0) is 43.0 Å². The highest BCUT2D eigenvalue weighted by molar-refractivity contribution is 7.89. The molecule has 134 valence electrons. The van der Waals surface area contributed by atoms with Crippen LogP contribution in [0.4, 0.5) is 4.39 Å². The summed E-state index contributed by atoms with van der Waals surface area (Å²) in [5.74, 6) is -0.0602. The second kappa shape index (κ2) is 8.04. The van der Waals surface area contributed by atoms with Gasteiger partial charge < -0.3 is 10.6 Å². The van der Waals surface area contributed by atoms with Crippen molar-refractivity contribution in [3.63, 3.8) is 0 Å². The van der Waals surface area contributed by atoms with Gasteiger partial charge in [0.15, 0.2) is 0 Å². The van der Waals surface area contributed by atoms with Crippen molar-refractivity contribution in [1.29, 1.82) is 0 Å². The van der Waals surface area contributed by atoms with Crippen molar-refractivity contribution < 1.29 is 17.6 Å². The van der Waals surface area contributed by atoms with E-state index in [4.69, 9.17) is 5.73 Å². The summed E-state index contributed by atoms with van der Waals surface area (Å²) >= 11 is 0. The number of halogens is 1. The number of nitrogens with one attached hydrogen (secondary N) is 1. The molecule has 0 spiro atoms. The molecule has 1 heterocycles. The van der Waals surface area contributed by atoms with E-state index >= 15 is 0 Å². The first kappa shape index (κ1) is 18.8. The molecule has 1 aromatic carbocycles. The predicted octanol–water partition coefficient (Wildman–Crippen LogP) is 1.08. The quantitative estimate of drug-likeness (QED) is 0.797. The van der Waals surface area contributed by atoms with E-state index in [1.165, 1.54) is 12.1 Å². The van der Waals surface area contributed by atoms with E-state index in [-0.39, 0.29) is 29.8 Å². The number of carbonyl (C=O) groups excluding carboxylic acids is 1. The number of nitrogens with two attached hydrogens (primary N) is 1. The molecule has 6 nitrogen and oxygen atoms in total. The first-order chi connectivity index (χ1) is 11.3. The van der Waals surface area contributed by atoms with Crippen LogP contribution in [0.1, 0.15) is 26.2 Å². The molecule has 1 aromatic rings. The second-order valence-corrected chi connectivity index (χ2v) is 7.97. The number of likely N-dealkylation sites (tertiary alicyclic amines) is 1. The van der Waals surface area contributed by atoms with Gasteiger partial charge in [-0.2, -0.15) is 0 Å². The molecule has 0 saturated carbocycles. The monoisotopic (exact) mass is 357 g/mol. The Labute approximate surface area is 142 Å². The van der Waals surface area contributed by atoms with E-state index in [1.54, 1.807) is 4.90 Å². The van der Waals surface area contributed by atoms with Crippen molar-refractivity contribution in [3.05, 3.63) is 30.1 Å². The molecule has 1 aliphatic heterocycles. The van der Waals surface area contributed by atoms with Crippen molar-refractivity contribution in [1.82, 2.24) is 9.62 Å². The Hall–Kier alpha value is -1.51. The van der Waals surface area contributed by atoms with Crippen molar-refractivity contribution in [2.75, 3.05) is 19.6 Å². The summed E-state index contributed by atoms with van der Waals surface area (Å²) in [4.78, 5) is 14.1. The van der Waals surface area contributed by atoms with Gasteiger partial charge in [-0.1, -0.05) is 6.92 Å². The summed E-state index contributed by atoms with van der Waals surface area (Å²) in [7, 11) is -3.74. The number of carbonyl (C=O) groups is 1. The van der Waals surface area contributed by atoms with Gasteiger partial charge in [0.2, 0.25) is 15.9 Å². The zero-order chi connectivity index (χ0) is 17.7. The van der Waals surface area contributed by atoms with Gasteiger partial charge in [-0.15, -0.1) is 0 Å². The first-order valence-electron chi connectivity index (χ1n) is 8.08. The molecule has 1 amide bonds. The molecule has 2 rings (SSSR count). The number of hydrogen-bond acceptors (Lipinski definition) is 4. The minimum Gasteiger partial charge on any atom is -0.338 e. The second-order valence-electron chi connectivity index (χ2n) is 6.21. The zero-order valence-electron chi connectivity index (χ0n) is 13.7. The Balaban J connectivity index is 1.88. The van der Waals surface area contributed by atoms with Crippen molar-refractivity contribution in [3.8, 4) is 0 Å². The summed E-state index contributed by atoms with van der Waals surface area (Å²) in [5, 5.41) is 0. The lowest BCUT2D eigenvalue weighted by Gasteiger charge is -2.38. The van der Waals surface area contributed by atoms with E-state index in [1.807, 2.05) is 0 Å². The summed E-state index contributed by atoms with van der Waals surface area (Å²) in [6, 6.07) is 4.57. The lowest BCUT2D eigenvalue weighted by atomic mass is 9.92. The molecule has 1 saturated heterocycles. The van der Waals surface area contributed by atoms with E-state index in [0.717, 1.165) is 25.0 Å². The topological polar surface area (TPSA) is 92.5 Å². The lowest BCUT2D eigenvalue weighted by molar-refractivity contribution is -0.135. The van der Waals surface area contributed by atoms with Crippen molar-refractivity contribution >= 4 is 15.9 Å². The molecular weight excluding hydrogens is 333 g/mol. The number of amides is 1. The third-order valence-corrected chi connectivity index (χ3v) is 5.80. The minimum atomic E-state index is -3.74. The fraction of sp³-hybridized carbons (Fsp3) is 0.562. The van der Waals surface area contributed by atoms with Crippen LogP contribution in [0, 0.1) is 11.7 Å².